The summed E-state index contributed by atoms with van der Waals surface area (Å²) in [6.07, 6.45) is 0.0585. The van der Waals surface area contributed by atoms with E-state index in [9.17, 15) is 9.18 Å². The van der Waals surface area contributed by atoms with E-state index < -0.39 is 6.67 Å². The van der Waals surface area contributed by atoms with Crippen LogP contribution in [0, 0.1) is 0 Å². The summed E-state index contributed by atoms with van der Waals surface area (Å²) in [5.41, 5.74) is 1.34. The van der Waals surface area contributed by atoms with Crippen LogP contribution in [-0.2, 0) is 6.67 Å². The summed E-state index contributed by atoms with van der Waals surface area (Å²) in [6, 6.07) is 13.8. The number of carbonyl (C=O) groups excluding carboxylic acids is 1. The van der Waals surface area contributed by atoms with E-state index in [0.717, 1.165) is 0 Å². The van der Waals surface area contributed by atoms with Gasteiger partial charge in [0.2, 0.25) is 0 Å². The van der Waals surface area contributed by atoms with E-state index in [1.165, 1.54) is 0 Å². The summed E-state index contributed by atoms with van der Waals surface area (Å²) >= 11 is 0. The van der Waals surface area contributed by atoms with Crippen molar-refractivity contribution in [3.63, 3.8) is 0 Å². The fourth-order valence-electron chi connectivity index (χ4n) is 1.98. The van der Waals surface area contributed by atoms with E-state index in [4.69, 9.17) is 4.74 Å². The minimum atomic E-state index is -0.667. The third-order valence-corrected chi connectivity index (χ3v) is 2.87. The maximum Gasteiger partial charge on any atom is 0.256 e. The van der Waals surface area contributed by atoms with Gasteiger partial charge in [-0.2, -0.15) is 0 Å². The lowest BCUT2D eigenvalue weighted by Gasteiger charge is -2.12. The first-order chi connectivity index (χ1) is 10.1. The number of carbonyl (C=O) groups is 1. The van der Waals surface area contributed by atoms with Crippen LogP contribution in [0.1, 0.15) is 29.8 Å². The van der Waals surface area contributed by atoms with Gasteiger partial charge in [0.05, 0.1) is 6.10 Å². The summed E-state index contributed by atoms with van der Waals surface area (Å²) < 4.78 is 18.5. The normalized spacial score (nSPS) is 10.5. The second kappa shape index (κ2) is 6.88. The standard InChI is InChI=1S/C17H18FNO2/c1-12(2)21-15-8-5-7-14(10-15)19-17(20)16-9-4-3-6-13(16)11-18/h3-10,12H,11H2,1-2H3,(H,19,20). The molecular formula is C17H18FNO2. The largest absolute Gasteiger partial charge is 0.491 e. The van der Waals surface area contributed by atoms with Crippen LogP contribution in [0.5, 0.6) is 5.75 Å². The van der Waals surface area contributed by atoms with Gasteiger partial charge in [0, 0.05) is 17.3 Å². The van der Waals surface area contributed by atoms with Crippen molar-refractivity contribution >= 4 is 11.6 Å². The average molecular weight is 287 g/mol. The molecule has 0 aliphatic heterocycles. The summed E-state index contributed by atoms with van der Waals surface area (Å²) in [6.45, 7) is 3.20. The summed E-state index contributed by atoms with van der Waals surface area (Å²) in [5, 5.41) is 2.76. The van der Waals surface area contributed by atoms with E-state index in [1.54, 1.807) is 42.5 Å². The Morgan fingerprint density at radius 3 is 2.67 bits per heavy atom. The number of rotatable bonds is 5. The Kier molecular flexibility index (Phi) is 4.93. The van der Waals surface area contributed by atoms with Crippen molar-refractivity contribution in [2.45, 2.75) is 26.6 Å². The van der Waals surface area contributed by atoms with Gasteiger partial charge in [-0.25, -0.2) is 4.39 Å². The molecule has 0 bridgehead atoms. The Labute approximate surface area is 123 Å². The molecule has 2 rings (SSSR count). The zero-order chi connectivity index (χ0) is 15.2. The first-order valence-corrected chi connectivity index (χ1v) is 6.82. The molecule has 1 N–H and O–H groups in total. The predicted octanol–water partition coefficient (Wildman–Crippen LogP) is 4.20. The van der Waals surface area contributed by atoms with Gasteiger partial charge in [-0.3, -0.25) is 4.79 Å². The highest BCUT2D eigenvalue weighted by atomic mass is 19.1. The quantitative estimate of drug-likeness (QED) is 0.895. The molecule has 0 radical (unpaired) electrons. The van der Waals surface area contributed by atoms with Crippen molar-refractivity contribution in [1.29, 1.82) is 0 Å². The number of hydrogen-bond acceptors (Lipinski definition) is 2. The van der Waals surface area contributed by atoms with Crippen molar-refractivity contribution in [2.24, 2.45) is 0 Å². The van der Waals surface area contributed by atoms with Gasteiger partial charge in [-0.05, 0) is 37.6 Å². The molecule has 0 atom stereocenters. The van der Waals surface area contributed by atoms with Crippen LogP contribution in [0.25, 0.3) is 0 Å². The Morgan fingerprint density at radius 2 is 1.95 bits per heavy atom. The minimum absolute atomic E-state index is 0.0585. The van der Waals surface area contributed by atoms with E-state index >= 15 is 0 Å². The third kappa shape index (κ3) is 4.05. The van der Waals surface area contributed by atoms with Crippen LogP contribution in [0.4, 0.5) is 10.1 Å². The number of amides is 1. The lowest BCUT2D eigenvalue weighted by Crippen LogP contribution is -2.14. The summed E-state index contributed by atoms with van der Waals surface area (Å²) in [5.74, 6) is 0.353. The van der Waals surface area contributed by atoms with E-state index in [2.05, 4.69) is 5.32 Å². The van der Waals surface area contributed by atoms with Crippen LogP contribution >= 0.6 is 0 Å². The van der Waals surface area contributed by atoms with Crippen LogP contribution in [0.15, 0.2) is 48.5 Å². The zero-order valence-corrected chi connectivity index (χ0v) is 12.1. The lowest BCUT2D eigenvalue weighted by molar-refractivity contribution is 0.102. The summed E-state index contributed by atoms with van der Waals surface area (Å²) in [4.78, 5) is 12.2. The van der Waals surface area contributed by atoms with Crippen LogP contribution in [0.2, 0.25) is 0 Å². The van der Waals surface area contributed by atoms with E-state index in [-0.39, 0.29) is 12.0 Å². The molecule has 110 valence electrons. The Bertz CT molecular complexity index is 626. The molecular weight excluding hydrogens is 269 g/mol. The molecule has 0 aliphatic carbocycles. The second-order valence-electron chi connectivity index (χ2n) is 4.94. The number of alkyl halides is 1. The second-order valence-corrected chi connectivity index (χ2v) is 4.94. The molecule has 0 aromatic heterocycles. The van der Waals surface area contributed by atoms with Crippen LogP contribution < -0.4 is 10.1 Å². The first kappa shape index (κ1) is 15.0. The molecule has 2 aromatic rings. The van der Waals surface area contributed by atoms with Gasteiger partial charge in [-0.1, -0.05) is 24.3 Å². The Morgan fingerprint density at radius 1 is 1.19 bits per heavy atom. The number of nitrogens with one attached hydrogen (secondary N) is 1. The lowest BCUT2D eigenvalue weighted by atomic mass is 10.1. The smallest absolute Gasteiger partial charge is 0.256 e. The maximum atomic E-state index is 12.9. The van der Waals surface area contributed by atoms with Crippen molar-refractivity contribution in [1.82, 2.24) is 0 Å². The fraction of sp³-hybridized carbons (Fsp3) is 0.235. The third-order valence-electron chi connectivity index (χ3n) is 2.87. The van der Waals surface area contributed by atoms with Crippen molar-refractivity contribution in [3.05, 3.63) is 59.7 Å². The van der Waals surface area contributed by atoms with Gasteiger partial charge >= 0.3 is 0 Å². The van der Waals surface area contributed by atoms with Gasteiger partial charge in [0.1, 0.15) is 12.4 Å². The molecule has 2 aromatic carbocycles. The topological polar surface area (TPSA) is 38.3 Å². The molecule has 0 aliphatic rings. The number of ether oxygens (including phenoxy) is 1. The molecule has 0 unspecified atom stereocenters. The first-order valence-electron chi connectivity index (χ1n) is 6.82. The minimum Gasteiger partial charge on any atom is -0.491 e. The molecule has 0 heterocycles. The molecule has 1 amide bonds. The van der Waals surface area contributed by atoms with Crippen molar-refractivity contribution in [3.8, 4) is 5.75 Å². The highest BCUT2D eigenvalue weighted by Gasteiger charge is 2.11. The maximum absolute atomic E-state index is 12.9. The number of hydrogen-bond donors (Lipinski definition) is 1. The number of halogens is 1. The molecule has 0 spiro atoms. The van der Waals surface area contributed by atoms with Gasteiger partial charge in [-0.15, -0.1) is 0 Å². The van der Waals surface area contributed by atoms with Crippen molar-refractivity contribution < 1.29 is 13.9 Å². The van der Waals surface area contributed by atoms with E-state index in [1.807, 2.05) is 19.9 Å². The zero-order valence-electron chi connectivity index (χ0n) is 12.1. The van der Waals surface area contributed by atoms with E-state index in [0.29, 0.717) is 22.6 Å². The molecule has 0 saturated heterocycles. The predicted molar refractivity (Wildman–Crippen MR) is 81.4 cm³/mol. The van der Waals surface area contributed by atoms with Gasteiger partial charge < -0.3 is 10.1 Å². The fourth-order valence-corrected chi connectivity index (χ4v) is 1.98. The molecule has 3 nitrogen and oxygen atoms in total. The number of anilines is 1. The molecule has 21 heavy (non-hydrogen) atoms. The van der Waals surface area contributed by atoms with Gasteiger partial charge in [0.25, 0.3) is 5.91 Å². The summed E-state index contributed by atoms with van der Waals surface area (Å²) in [7, 11) is 0. The Hall–Kier alpha value is -2.36. The van der Waals surface area contributed by atoms with Crippen LogP contribution in [-0.4, -0.2) is 12.0 Å². The average Bonchev–Trinajstić information content (AvgIpc) is 2.46. The molecule has 0 fully saturated rings. The highest BCUT2D eigenvalue weighted by Crippen LogP contribution is 2.20. The molecule has 4 heteroatoms. The van der Waals surface area contributed by atoms with Crippen LogP contribution in [0.3, 0.4) is 0 Å². The SMILES string of the molecule is CC(C)Oc1cccc(NC(=O)c2ccccc2CF)c1. The number of benzene rings is 2. The monoisotopic (exact) mass is 287 g/mol. The van der Waals surface area contributed by atoms with Gasteiger partial charge in [0.15, 0.2) is 0 Å². The van der Waals surface area contributed by atoms with Crippen molar-refractivity contribution in [2.75, 3.05) is 5.32 Å². The highest BCUT2D eigenvalue weighted by molar-refractivity contribution is 6.05. The molecule has 0 saturated carbocycles. The Balaban J connectivity index is 2.16.